The fraction of sp³-hybridized carbons (Fsp3) is 0.150. The third-order valence-electron chi connectivity index (χ3n) is 4.27. The summed E-state index contributed by atoms with van der Waals surface area (Å²) >= 11 is 0. The summed E-state index contributed by atoms with van der Waals surface area (Å²) in [5, 5.41) is 3.36. The van der Waals surface area contributed by atoms with Gasteiger partial charge in [-0.25, -0.2) is 9.97 Å². The van der Waals surface area contributed by atoms with Crippen LogP contribution in [0.2, 0.25) is 0 Å². The van der Waals surface area contributed by atoms with Gasteiger partial charge in [-0.15, -0.1) is 0 Å². The second-order valence-corrected chi connectivity index (χ2v) is 6.24. The number of hydrogen-bond acceptors (Lipinski definition) is 5. The molecule has 0 aliphatic carbocycles. The molecule has 4 aromatic rings. The first-order chi connectivity index (χ1) is 12.7. The lowest BCUT2D eigenvalue weighted by atomic mass is 10.1. The van der Waals surface area contributed by atoms with Crippen molar-refractivity contribution in [2.75, 3.05) is 24.3 Å². The number of fused-ring (bicyclic) bond motifs is 1. The van der Waals surface area contributed by atoms with E-state index in [9.17, 15) is 0 Å². The van der Waals surface area contributed by atoms with Gasteiger partial charge in [0, 0.05) is 56.7 Å². The van der Waals surface area contributed by atoms with Crippen LogP contribution in [0.1, 0.15) is 5.56 Å². The average Bonchev–Trinajstić information content (AvgIpc) is 3.11. The molecule has 0 spiro atoms. The monoisotopic (exact) mass is 344 g/mol. The lowest BCUT2D eigenvalue weighted by Gasteiger charge is -2.17. The predicted octanol–water partition coefficient (Wildman–Crippen LogP) is 3.47. The van der Waals surface area contributed by atoms with Gasteiger partial charge in [-0.1, -0.05) is 24.3 Å². The number of imidazole rings is 1. The molecule has 0 saturated carbocycles. The molecule has 130 valence electrons. The molecule has 6 nitrogen and oxygen atoms in total. The van der Waals surface area contributed by atoms with Gasteiger partial charge < -0.3 is 10.2 Å². The van der Waals surface area contributed by atoms with E-state index in [0.717, 1.165) is 34.0 Å². The summed E-state index contributed by atoms with van der Waals surface area (Å²) in [6, 6.07) is 12.3. The summed E-state index contributed by atoms with van der Waals surface area (Å²) in [4.78, 5) is 15.3. The van der Waals surface area contributed by atoms with Crippen molar-refractivity contribution in [1.29, 1.82) is 0 Å². The number of benzene rings is 1. The number of pyridine rings is 1. The molecule has 3 heterocycles. The second kappa shape index (κ2) is 6.84. The van der Waals surface area contributed by atoms with E-state index in [4.69, 9.17) is 0 Å². The van der Waals surface area contributed by atoms with Crippen molar-refractivity contribution in [3.63, 3.8) is 0 Å². The van der Waals surface area contributed by atoms with Gasteiger partial charge in [-0.3, -0.25) is 9.38 Å². The number of nitrogens with zero attached hydrogens (tertiary/aromatic N) is 5. The fourth-order valence-electron chi connectivity index (χ4n) is 3.01. The Kier molecular flexibility index (Phi) is 4.23. The number of para-hydroxylation sites is 1. The Hall–Kier alpha value is -3.41. The van der Waals surface area contributed by atoms with E-state index in [1.165, 1.54) is 0 Å². The Balaban J connectivity index is 1.72. The van der Waals surface area contributed by atoms with Crippen LogP contribution in [0.3, 0.4) is 0 Å². The minimum atomic E-state index is 0.650. The minimum absolute atomic E-state index is 0.650. The van der Waals surface area contributed by atoms with Crippen LogP contribution in [-0.2, 0) is 6.54 Å². The predicted molar refractivity (Wildman–Crippen MR) is 104 cm³/mol. The maximum atomic E-state index is 4.61. The van der Waals surface area contributed by atoms with Crippen LogP contribution >= 0.6 is 0 Å². The zero-order chi connectivity index (χ0) is 17.9. The first-order valence-electron chi connectivity index (χ1n) is 8.45. The highest BCUT2D eigenvalue weighted by Crippen LogP contribution is 2.31. The molecule has 1 N–H and O–H groups in total. The number of hydrogen-bond donors (Lipinski definition) is 1. The van der Waals surface area contributed by atoms with Crippen LogP contribution in [0.5, 0.6) is 0 Å². The topological polar surface area (TPSA) is 58.4 Å². The van der Waals surface area contributed by atoms with Crippen LogP contribution in [-0.4, -0.2) is 33.4 Å². The van der Waals surface area contributed by atoms with Gasteiger partial charge >= 0.3 is 0 Å². The molecule has 0 fully saturated rings. The zero-order valence-corrected chi connectivity index (χ0v) is 14.8. The summed E-state index contributed by atoms with van der Waals surface area (Å²) in [6.45, 7) is 0.650. The third-order valence-corrected chi connectivity index (χ3v) is 4.27. The molecule has 1 aromatic carbocycles. The Morgan fingerprint density at radius 2 is 1.88 bits per heavy atom. The number of anilines is 2. The van der Waals surface area contributed by atoms with Crippen LogP contribution in [0.4, 0.5) is 11.5 Å². The van der Waals surface area contributed by atoms with Crippen molar-refractivity contribution in [1.82, 2.24) is 19.4 Å². The maximum Gasteiger partial charge on any atom is 0.180 e. The highest BCUT2D eigenvalue weighted by molar-refractivity contribution is 5.79. The van der Waals surface area contributed by atoms with Gasteiger partial charge in [0.05, 0.1) is 11.9 Å². The normalized spacial score (nSPS) is 10.8. The van der Waals surface area contributed by atoms with E-state index < -0.39 is 0 Å². The van der Waals surface area contributed by atoms with E-state index in [-0.39, 0.29) is 0 Å². The quantitative estimate of drug-likeness (QED) is 0.601. The van der Waals surface area contributed by atoms with Crippen molar-refractivity contribution in [3.05, 3.63) is 72.9 Å². The van der Waals surface area contributed by atoms with E-state index in [0.29, 0.717) is 6.54 Å². The summed E-state index contributed by atoms with van der Waals surface area (Å²) in [5.74, 6) is 0.755. The summed E-state index contributed by atoms with van der Waals surface area (Å²) in [7, 11) is 4.09. The van der Waals surface area contributed by atoms with Crippen molar-refractivity contribution in [2.24, 2.45) is 0 Å². The molecule has 6 heteroatoms. The Bertz CT molecular complexity index is 1020. The van der Waals surface area contributed by atoms with Gasteiger partial charge in [-0.2, -0.15) is 0 Å². The highest BCUT2D eigenvalue weighted by atomic mass is 15.1. The smallest absolute Gasteiger partial charge is 0.180 e. The van der Waals surface area contributed by atoms with E-state index in [2.05, 4.69) is 41.7 Å². The lowest BCUT2D eigenvalue weighted by Crippen LogP contribution is -2.10. The molecule has 0 bridgehead atoms. The molecular weight excluding hydrogens is 324 g/mol. The van der Waals surface area contributed by atoms with Gasteiger partial charge in [0.1, 0.15) is 0 Å². The van der Waals surface area contributed by atoms with Gasteiger partial charge in [0.15, 0.2) is 11.5 Å². The van der Waals surface area contributed by atoms with Crippen LogP contribution < -0.4 is 10.2 Å². The highest BCUT2D eigenvalue weighted by Gasteiger charge is 2.13. The van der Waals surface area contributed by atoms with Crippen LogP contribution in [0, 0.1) is 0 Å². The summed E-state index contributed by atoms with van der Waals surface area (Å²) < 4.78 is 2.07. The Labute approximate surface area is 152 Å². The summed E-state index contributed by atoms with van der Waals surface area (Å²) in [5.41, 5.74) is 5.22. The molecule has 0 atom stereocenters. The first-order valence-corrected chi connectivity index (χ1v) is 8.45. The molecule has 0 amide bonds. The lowest BCUT2D eigenvalue weighted by molar-refractivity contribution is 1.06. The van der Waals surface area contributed by atoms with Crippen molar-refractivity contribution in [2.45, 2.75) is 6.54 Å². The number of rotatable bonds is 5. The molecule has 26 heavy (non-hydrogen) atoms. The van der Waals surface area contributed by atoms with Crippen molar-refractivity contribution in [3.8, 4) is 11.3 Å². The van der Waals surface area contributed by atoms with E-state index in [1.807, 2.05) is 57.0 Å². The first kappa shape index (κ1) is 16.1. The molecular formula is C20H20N6. The van der Waals surface area contributed by atoms with E-state index >= 15 is 0 Å². The zero-order valence-electron chi connectivity index (χ0n) is 14.8. The Morgan fingerprint density at radius 1 is 1.00 bits per heavy atom. The van der Waals surface area contributed by atoms with Crippen LogP contribution in [0.25, 0.3) is 16.9 Å². The molecule has 0 aliphatic rings. The molecule has 0 saturated heterocycles. The van der Waals surface area contributed by atoms with E-state index in [1.54, 1.807) is 12.4 Å². The van der Waals surface area contributed by atoms with Gasteiger partial charge in [0.2, 0.25) is 0 Å². The SMILES string of the molecule is CN(C)c1ccccc1-c1cnc2c(NCc3cccnc3)nccn12. The molecule has 0 radical (unpaired) electrons. The third kappa shape index (κ3) is 2.97. The second-order valence-electron chi connectivity index (χ2n) is 6.24. The molecule has 0 unspecified atom stereocenters. The Morgan fingerprint density at radius 3 is 2.69 bits per heavy atom. The van der Waals surface area contributed by atoms with Gasteiger partial charge in [0.25, 0.3) is 0 Å². The van der Waals surface area contributed by atoms with Crippen molar-refractivity contribution >= 4 is 17.2 Å². The summed E-state index contributed by atoms with van der Waals surface area (Å²) in [6.07, 6.45) is 9.25. The molecule has 3 aromatic heterocycles. The number of nitrogens with one attached hydrogen (secondary N) is 1. The fourth-order valence-corrected chi connectivity index (χ4v) is 3.01. The van der Waals surface area contributed by atoms with Crippen molar-refractivity contribution < 1.29 is 0 Å². The van der Waals surface area contributed by atoms with Gasteiger partial charge in [-0.05, 0) is 17.7 Å². The maximum absolute atomic E-state index is 4.61. The molecule has 4 rings (SSSR count). The minimum Gasteiger partial charge on any atom is -0.377 e. The molecule has 0 aliphatic heterocycles. The average molecular weight is 344 g/mol. The number of aromatic nitrogens is 4. The standard InChI is InChI=1S/C20H20N6/c1-25(2)17-8-4-3-7-16(17)18-14-24-20-19(22-10-11-26(18)20)23-13-15-6-5-9-21-12-15/h3-12,14H,13H2,1-2H3,(H,22,23). The van der Waals surface area contributed by atoms with Crippen LogP contribution in [0.15, 0.2) is 67.4 Å². The largest absolute Gasteiger partial charge is 0.377 e.